The molecule has 0 aliphatic carbocycles. The normalized spacial score (nSPS) is 10.2. The minimum Gasteiger partial charge on any atom is -0.462 e. The average Bonchev–Trinajstić information content (AvgIpc) is 2.74. The number of hydrogen-bond donors (Lipinski definition) is 2. The van der Waals surface area contributed by atoms with Gasteiger partial charge in [-0.05, 0) is 48.9 Å². The fraction of sp³-hybridized carbons (Fsp3) is 0.143. The number of esters is 1. The van der Waals surface area contributed by atoms with Gasteiger partial charge in [-0.2, -0.15) is 0 Å². The topological polar surface area (TPSA) is 93.2 Å². The quantitative estimate of drug-likeness (QED) is 0.613. The number of hydrogen-bond acceptors (Lipinski definition) is 6. The number of anilines is 2. The molecule has 3 aromatic rings. The summed E-state index contributed by atoms with van der Waals surface area (Å²) in [5.74, 6) is -0.159. The summed E-state index contributed by atoms with van der Waals surface area (Å²) in [6, 6.07) is 14.2. The van der Waals surface area contributed by atoms with Crippen molar-refractivity contribution in [1.29, 1.82) is 0 Å². The molecule has 0 radical (unpaired) electrons. The second-order valence-corrected chi connectivity index (χ2v) is 5.87. The Hall–Kier alpha value is -3.74. The molecule has 3 rings (SSSR count). The third-order valence-corrected chi connectivity index (χ3v) is 3.90. The van der Waals surface area contributed by atoms with Crippen molar-refractivity contribution in [2.75, 3.05) is 17.2 Å². The Bertz CT molecular complexity index is 943. The van der Waals surface area contributed by atoms with Crippen molar-refractivity contribution in [2.24, 2.45) is 0 Å². The molecule has 0 bridgehead atoms. The van der Waals surface area contributed by atoms with Gasteiger partial charge in [-0.1, -0.05) is 12.1 Å². The average molecular weight is 376 g/mol. The number of benzene rings is 1. The van der Waals surface area contributed by atoms with Crippen molar-refractivity contribution >= 4 is 23.4 Å². The van der Waals surface area contributed by atoms with Gasteiger partial charge in [0.05, 0.1) is 12.2 Å². The van der Waals surface area contributed by atoms with Gasteiger partial charge in [-0.15, -0.1) is 0 Å². The van der Waals surface area contributed by atoms with E-state index in [0.717, 1.165) is 5.56 Å². The number of carbonyl (C=O) groups excluding carboxylic acids is 2. The molecule has 0 unspecified atom stereocenters. The van der Waals surface area contributed by atoms with Crippen LogP contribution in [0.4, 0.5) is 11.5 Å². The summed E-state index contributed by atoms with van der Waals surface area (Å²) in [7, 11) is 0. The van der Waals surface area contributed by atoms with Crippen molar-refractivity contribution in [2.45, 2.75) is 13.5 Å². The Morgan fingerprint density at radius 1 is 1.04 bits per heavy atom. The predicted octanol–water partition coefficient (Wildman–Crippen LogP) is 3.52. The summed E-state index contributed by atoms with van der Waals surface area (Å²) < 4.78 is 5.05. The van der Waals surface area contributed by atoms with E-state index in [4.69, 9.17) is 4.74 Å². The first-order chi connectivity index (χ1) is 13.7. The number of nitrogens with zero attached hydrogens (tertiary/aromatic N) is 2. The molecule has 2 N–H and O–H groups in total. The fourth-order valence-corrected chi connectivity index (χ4v) is 2.51. The highest BCUT2D eigenvalue weighted by atomic mass is 16.5. The molecule has 0 fully saturated rings. The van der Waals surface area contributed by atoms with Crippen LogP contribution in [0.3, 0.4) is 0 Å². The molecule has 0 saturated heterocycles. The van der Waals surface area contributed by atoms with Crippen molar-refractivity contribution in [3.05, 3.63) is 83.8 Å². The molecule has 142 valence electrons. The van der Waals surface area contributed by atoms with Gasteiger partial charge in [-0.3, -0.25) is 9.78 Å². The number of aromatic nitrogens is 2. The fourth-order valence-electron chi connectivity index (χ4n) is 2.51. The molecule has 7 heteroatoms. The van der Waals surface area contributed by atoms with Crippen molar-refractivity contribution in [3.8, 4) is 0 Å². The van der Waals surface area contributed by atoms with Crippen LogP contribution >= 0.6 is 0 Å². The molecule has 7 nitrogen and oxygen atoms in total. The van der Waals surface area contributed by atoms with Gasteiger partial charge in [0.1, 0.15) is 11.4 Å². The monoisotopic (exact) mass is 376 g/mol. The van der Waals surface area contributed by atoms with Crippen molar-refractivity contribution in [1.82, 2.24) is 9.97 Å². The molecule has 0 spiro atoms. The van der Waals surface area contributed by atoms with E-state index in [1.54, 1.807) is 43.6 Å². The molecule has 2 aromatic heterocycles. The van der Waals surface area contributed by atoms with Gasteiger partial charge < -0.3 is 15.4 Å². The van der Waals surface area contributed by atoms with Crippen LogP contribution in [0.5, 0.6) is 0 Å². The molecule has 0 atom stereocenters. The predicted molar refractivity (Wildman–Crippen MR) is 106 cm³/mol. The maximum absolute atomic E-state index is 12.1. The summed E-state index contributed by atoms with van der Waals surface area (Å²) in [6.45, 7) is 2.54. The third kappa shape index (κ3) is 4.91. The number of pyridine rings is 2. The molecule has 0 aliphatic rings. The summed E-state index contributed by atoms with van der Waals surface area (Å²) in [6.07, 6.45) is 4.75. The minimum absolute atomic E-state index is 0.216. The van der Waals surface area contributed by atoms with Gasteiger partial charge in [0.15, 0.2) is 0 Å². The maximum atomic E-state index is 12.1. The van der Waals surface area contributed by atoms with Gasteiger partial charge in [0.2, 0.25) is 0 Å². The highest BCUT2D eigenvalue weighted by Crippen LogP contribution is 2.16. The van der Waals surface area contributed by atoms with Crippen LogP contribution in [-0.4, -0.2) is 28.5 Å². The van der Waals surface area contributed by atoms with Crippen LogP contribution in [0.25, 0.3) is 0 Å². The Kier molecular flexibility index (Phi) is 6.30. The second-order valence-electron chi connectivity index (χ2n) is 5.87. The number of amides is 1. The lowest BCUT2D eigenvalue weighted by molar-refractivity contribution is 0.0527. The molecular weight excluding hydrogens is 356 g/mol. The Morgan fingerprint density at radius 2 is 1.82 bits per heavy atom. The van der Waals surface area contributed by atoms with E-state index < -0.39 is 5.97 Å². The van der Waals surface area contributed by atoms with E-state index in [-0.39, 0.29) is 5.91 Å². The summed E-state index contributed by atoms with van der Waals surface area (Å²) in [5.41, 5.74) is 2.54. The summed E-state index contributed by atoms with van der Waals surface area (Å²) in [5, 5.41) is 5.97. The first-order valence-electron chi connectivity index (χ1n) is 8.83. The minimum atomic E-state index is -0.411. The van der Waals surface area contributed by atoms with Crippen LogP contribution in [0, 0.1) is 0 Å². The number of ether oxygens (including phenoxy) is 1. The number of carbonyl (C=O) groups is 2. The Labute approximate surface area is 162 Å². The van der Waals surface area contributed by atoms with Crippen molar-refractivity contribution in [3.63, 3.8) is 0 Å². The lowest BCUT2D eigenvalue weighted by Crippen LogP contribution is -2.12. The molecular formula is C21H20N4O3. The number of nitrogens with one attached hydrogen (secondary N) is 2. The van der Waals surface area contributed by atoms with Crippen LogP contribution in [0.2, 0.25) is 0 Å². The molecule has 1 amide bonds. The van der Waals surface area contributed by atoms with E-state index in [0.29, 0.717) is 35.8 Å². The maximum Gasteiger partial charge on any atom is 0.341 e. The van der Waals surface area contributed by atoms with E-state index in [1.807, 2.05) is 24.3 Å². The van der Waals surface area contributed by atoms with E-state index >= 15 is 0 Å². The molecule has 1 aromatic carbocycles. The molecule has 0 aliphatic heterocycles. The second kappa shape index (κ2) is 9.27. The summed E-state index contributed by atoms with van der Waals surface area (Å²) >= 11 is 0. The first kappa shape index (κ1) is 19.0. The lowest BCUT2D eigenvalue weighted by Gasteiger charge is -2.11. The van der Waals surface area contributed by atoms with Gasteiger partial charge in [0.25, 0.3) is 5.91 Å². The van der Waals surface area contributed by atoms with Crippen molar-refractivity contribution < 1.29 is 14.3 Å². The Morgan fingerprint density at radius 3 is 2.54 bits per heavy atom. The molecule has 28 heavy (non-hydrogen) atoms. The Balaban J connectivity index is 1.61. The van der Waals surface area contributed by atoms with Crippen LogP contribution in [-0.2, 0) is 11.3 Å². The highest BCUT2D eigenvalue weighted by molar-refractivity contribution is 6.04. The van der Waals surface area contributed by atoms with Gasteiger partial charge >= 0.3 is 5.97 Å². The summed E-state index contributed by atoms with van der Waals surface area (Å²) in [4.78, 5) is 32.3. The molecule has 2 heterocycles. The lowest BCUT2D eigenvalue weighted by atomic mass is 10.2. The van der Waals surface area contributed by atoms with Gasteiger partial charge in [0, 0.05) is 30.8 Å². The van der Waals surface area contributed by atoms with Crippen LogP contribution in [0.15, 0.2) is 67.1 Å². The number of rotatable bonds is 7. The third-order valence-electron chi connectivity index (χ3n) is 3.90. The highest BCUT2D eigenvalue weighted by Gasteiger charge is 2.13. The van der Waals surface area contributed by atoms with E-state index in [1.165, 1.54) is 6.20 Å². The zero-order valence-corrected chi connectivity index (χ0v) is 15.4. The van der Waals surface area contributed by atoms with Crippen LogP contribution < -0.4 is 10.6 Å². The van der Waals surface area contributed by atoms with E-state index in [9.17, 15) is 9.59 Å². The molecule has 0 saturated carbocycles. The SMILES string of the molecule is CCOC(=O)c1cccnc1NCc1ccc(NC(=O)c2cccnc2)cc1. The zero-order chi connectivity index (χ0) is 19.8. The van der Waals surface area contributed by atoms with Crippen LogP contribution in [0.1, 0.15) is 33.2 Å². The zero-order valence-electron chi connectivity index (χ0n) is 15.4. The largest absolute Gasteiger partial charge is 0.462 e. The van der Waals surface area contributed by atoms with Gasteiger partial charge in [-0.25, -0.2) is 9.78 Å². The standard InChI is InChI=1S/C21H20N4O3/c1-2-28-21(27)18-6-4-12-23-19(18)24-13-15-7-9-17(10-8-15)25-20(26)16-5-3-11-22-14-16/h3-12,14H,2,13H2,1H3,(H,23,24)(H,25,26). The van der Waals surface area contributed by atoms with E-state index in [2.05, 4.69) is 20.6 Å². The first-order valence-corrected chi connectivity index (χ1v) is 8.83. The smallest absolute Gasteiger partial charge is 0.341 e.